The molecule has 2 rings (SSSR count). The highest BCUT2D eigenvalue weighted by Gasteiger charge is 2.16. The molecule has 2 heterocycles. The Kier molecular flexibility index (Phi) is 3.83. The predicted octanol–water partition coefficient (Wildman–Crippen LogP) is 2.34. The van der Waals surface area contributed by atoms with E-state index in [4.69, 9.17) is 4.74 Å². The van der Waals surface area contributed by atoms with Crippen LogP contribution in [0.3, 0.4) is 0 Å². The summed E-state index contributed by atoms with van der Waals surface area (Å²) in [6.45, 7) is 1.92. The van der Waals surface area contributed by atoms with Gasteiger partial charge >= 0.3 is 0 Å². The monoisotopic (exact) mass is 246 g/mol. The Hall–Kier alpha value is -1.30. The number of anilines is 1. The zero-order valence-electron chi connectivity index (χ0n) is 9.18. The number of nitrogens with zero attached hydrogens (tertiary/aromatic N) is 1. The number of halogens is 3. The van der Waals surface area contributed by atoms with Crippen LogP contribution in [0.5, 0.6) is 0 Å². The first-order valence-electron chi connectivity index (χ1n) is 5.50. The second-order valence-electron chi connectivity index (χ2n) is 4.04. The average molecular weight is 246 g/mol. The molecule has 6 heteroatoms. The fourth-order valence-electron chi connectivity index (χ4n) is 1.77. The lowest BCUT2D eigenvalue weighted by Crippen LogP contribution is -2.12. The van der Waals surface area contributed by atoms with Crippen LogP contribution in [0, 0.1) is 23.5 Å². The van der Waals surface area contributed by atoms with Gasteiger partial charge in [-0.3, -0.25) is 0 Å². The first kappa shape index (κ1) is 12.2. The average Bonchev–Trinajstić information content (AvgIpc) is 2.78. The van der Waals surface area contributed by atoms with Crippen LogP contribution >= 0.6 is 0 Å². The van der Waals surface area contributed by atoms with Crippen LogP contribution in [0.15, 0.2) is 6.07 Å². The minimum absolute atomic E-state index is 0.247. The molecule has 1 aromatic heterocycles. The third-order valence-corrected chi connectivity index (χ3v) is 2.76. The van der Waals surface area contributed by atoms with E-state index in [1.807, 2.05) is 0 Å². The molecule has 1 aliphatic rings. The van der Waals surface area contributed by atoms with E-state index in [1.54, 1.807) is 0 Å². The van der Waals surface area contributed by atoms with E-state index in [2.05, 4.69) is 10.3 Å². The Labute approximate surface area is 97.0 Å². The lowest BCUT2D eigenvalue weighted by Gasteiger charge is -2.09. The highest BCUT2D eigenvalue weighted by atomic mass is 19.2. The van der Waals surface area contributed by atoms with E-state index in [0.29, 0.717) is 25.1 Å². The van der Waals surface area contributed by atoms with Crippen molar-refractivity contribution in [3.8, 4) is 0 Å². The van der Waals surface area contributed by atoms with Gasteiger partial charge in [-0.15, -0.1) is 0 Å². The summed E-state index contributed by atoms with van der Waals surface area (Å²) in [5.41, 5.74) is 0. The molecular formula is C11H13F3N2O. The predicted molar refractivity (Wildman–Crippen MR) is 56.1 cm³/mol. The van der Waals surface area contributed by atoms with Crippen molar-refractivity contribution in [2.75, 3.05) is 25.1 Å². The van der Waals surface area contributed by atoms with Crippen LogP contribution < -0.4 is 5.32 Å². The van der Waals surface area contributed by atoms with Gasteiger partial charge in [-0.1, -0.05) is 0 Å². The number of pyridine rings is 1. The second-order valence-corrected chi connectivity index (χ2v) is 4.04. The maximum absolute atomic E-state index is 13.2. The summed E-state index contributed by atoms with van der Waals surface area (Å²) >= 11 is 0. The molecule has 1 aromatic rings. The molecule has 0 radical (unpaired) electrons. The summed E-state index contributed by atoms with van der Waals surface area (Å²) in [6.07, 6.45) is 1.77. The standard InChI is InChI=1S/C11H13F3N2O/c12-8-5-9(13)11(16-10(8)14)15-3-1-7-2-4-17-6-7/h5,7H,1-4,6H2,(H,15,16). The van der Waals surface area contributed by atoms with Crippen LogP contribution in [0.25, 0.3) is 0 Å². The summed E-state index contributed by atoms with van der Waals surface area (Å²) in [4.78, 5) is 3.18. The van der Waals surface area contributed by atoms with Crippen LogP contribution in [-0.4, -0.2) is 24.7 Å². The number of aromatic nitrogens is 1. The number of hydrogen-bond acceptors (Lipinski definition) is 3. The molecule has 1 atom stereocenters. The van der Waals surface area contributed by atoms with Gasteiger partial charge in [0.25, 0.3) is 5.95 Å². The Morgan fingerprint density at radius 1 is 1.35 bits per heavy atom. The van der Waals surface area contributed by atoms with Crippen LogP contribution in [0.2, 0.25) is 0 Å². The molecule has 3 nitrogen and oxygen atoms in total. The molecular weight excluding hydrogens is 233 g/mol. The van der Waals surface area contributed by atoms with Crippen molar-refractivity contribution in [2.24, 2.45) is 5.92 Å². The molecule has 1 N–H and O–H groups in total. The van der Waals surface area contributed by atoms with Crippen LogP contribution in [0.1, 0.15) is 12.8 Å². The minimum Gasteiger partial charge on any atom is -0.381 e. The Morgan fingerprint density at radius 3 is 2.88 bits per heavy atom. The molecule has 0 aromatic carbocycles. The molecule has 1 unspecified atom stereocenters. The molecule has 1 aliphatic heterocycles. The molecule has 17 heavy (non-hydrogen) atoms. The fraction of sp³-hybridized carbons (Fsp3) is 0.545. The molecule has 0 bridgehead atoms. The summed E-state index contributed by atoms with van der Waals surface area (Å²) < 4.78 is 43.7. The first-order chi connectivity index (χ1) is 8.16. The van der Waals surface area contributed by atoms with E-state index < -0.39 is 17.6 Å². The zero-order valence-corrected chi connectivity index (χ0v) is 9.18. The largest absolute Gasteiger partial charge is 0.381 e. The van der Waals surface area contributed by atoms with Crippen molar-refractivity contribution in [3.63, 3.8) is 0 Å². The smallest absolute Gasteiger partial charge is 0.251 e. The van der Waals surface area contributed by atoms with Gasteiger partial charge < -0.3 is 10.1 Å². The summed E-state index contributed by atoms with van der Waals surface area (Å²) in [7, 11) is 0. The van der Waals surface area contributed by atoms with Crippen molar-refractivity contribution in [2.45, 2.75) is 12.8 Å². The van der Waals surface area contributed by atoms with Crippen LogP contribution in [0.4, 0.5) is 19.0 Å². The molecule has 94 valence electrons. The zero-order chi connectivity index (χ0) is 12.3. The van der Waals surface area contributed by atoms with Crippen LogP contribution in [-0.2, 0) is 4.74 Å². The van der Waals surface area contributed by atoms with E-state index in [1.165, 1.54) is 0 Å². The third-order valence-electron chi connectivity index (χ3n) is 2.76. The maximum atomic E-state index is 13.2. The van der Waals surface area contributed by atoms with Gasteiger partial charge in [0, 0.05) is 25.8 Å². The van der Waals surface area contributed by atoms with Gasteiger partial charge in [0.15, 0.2) is 17.5 Å². The van der Waals surface area contributed by atoms with E-state index in [-0.39, 0.29) is 5.82 Å². The molecule has 1 saturated heterocycles. The third kappa shape index (κ3) is 3.09. The minimum atomic E-state index is -1.29. The second kappa shape index (κ2) is 5.35. The summed E-state index contributed by atoms with van der Waals surface area (Å²) in [5.74, 6) is -3.26. The van der Waals surface area contributed by atoms with Crippen molar-refractivity contribution in [3.05, 3.63) is 23.6 Å². The van der Waals surface area contributed by atoms with Gasteiger partial charge in [0.1, 0.15) is 0 Å². The van der Waals surface area contributed by atoms with E-state index in [0.717, 1.165) is 19.4 Å². The topological polar surface area (TPSA) is 34.1 Å². The van der Waals surface area contributed by atoms with Gasteiger partial charge in [-0.05, 0) is 18.8 Å². The van der Waals surface area contributed by atoms with Gasteiger partial charge in [0.2, 0.25) is 0 Å². The lowest BCUT2D eigenvalue weighted by molar-refractivity contribution is 0.185. The fourth-order valence-corrected chi connectivity index (χ4v) is 1.77. The van der Waals surface area contributed by atoms with Crippen molar-refractivity contribution >= 4 is 5.82 Å². The van der Waals surface area contributed by atoms with Crippen molar-refractivity contribution in [1.29, 1.82) is 0 Å². The number of hydrogen-bond donors (Lipinski definition) is 1. The molecule has 1 fully saturated rings. The van der Waals surface area contributed by atoms with Gasteiger partial charge in [0.05, 0.1) is 0 Å². The Bertz CT molecular complexity index is 395. The number of nitrogens with one attached hydrogen (secondary N) is 1. The summed E-state index contributed by atoms with van der Waals surface area (Å²) in [5, 5.41) is 2.66. The quantitative estimate of drug-likeness (QED) is 0.828. The molecule has 0 amide bonds. The first-order valence-corrected chi connectivity index (χ1v) is 5.50. The normalized spacial score (nSPS) is 19.6. The highest BCUT2D eigenvalue weighted by Crippen LogP contribution is 2.18. The van der Waals surface area contributed by atoms with Gasteiger partial charge in [-0.25, -0.2) is 8.78 Å². The SMILES string of the molecule is Fc1cc(F)c(NCCC2CCOC2)nc1F. The van der Waals surface area contributed by atoms with Crippen molar-refractivity contribution in [1.82, 2.24) is 4.98 Å². The van der Waals surface area contributed by atoms with Gasteiger partial charge in [-0.2, -0.15) is 9.37 Å². The Morgan fingerprint density at radius 2 is 2.18 bits per heavy atom. The molecule has 0 saturated carbocycles. The van der Waals surface area contributed by atoms with E-state index >= 15 is 0 Å². The maximum Gasteiger partial charge on any atom is 0.251 e. The van der Waals surface area contributed by atoms with Crippen molar-refractivity contribution < 1.29 is 17.9 Å². The Balaban J connectivity index is 1.87. The summed E-state index contributed by atoms with van der Waals surface area (Å²) in [6, 6.07) is 0.489. The number of ether oxygens (including phenoxy) is 1. The lowest BCUT2D eigenvalue weighted by atomic mass is 10.1. The molecule has 0 spiro atoms. The van der Waals surface area contributed by atoms with E-state index in [9.17, 15) is 13.2 Å². The highest BCUT2D eigenvalue weighted by molar-refractivity contribution is 5.35. The molecule has 0 aliphatic carbocycles. The number of rotatable bonds is 4.